The highest BCUT2D eigenvalue weighted by molar-refractivity contribution is 9.10. The number of amides is 1. The topological polar surface area (TPSA) is 71.5 Å². The lowest BCUT2D eigenvalue weighted by Crippen LogP contribution is -2.40. The zero-order valence-corrected chi connectivity index (χ0v) is 17.0. The molecule has 0 spiro atoms. The SMILES string of the molecule is O=C(NC[C@@H](c1ccco1)N1CCCCC1)c1cc(-c2ccc(Br)cc2)on1. The molecule has 0 radical (unpaired) electrons. The number of rotatable bonds is 6. The van der Waals surface area contributed by atoms with E-state index in [9.17, 15) is 4.79 Å². The van der Waals surface area contributed by atoms with Gasteiger partial charge in [-0.05, 0) is 50.2 Å². The molecule has 6 nitrogen and oxygen atoms in total. The summed E-state index contributed by atoms with van der Waals surface area (Å²) in [5.41, 5.74) is 1.14. The van der Waals surface area contributed by atoms with Crippen LogP contribution in [0.3, 0.4) is 0 Å². The maximum absolute atomic E-state index is 12.6. The fourth-order valence-electron chi connectivity index (χ4n) is 3.53. The first-order chi connectivity index (χ1) is 13.7. The minimum absolute atomic E-state index is 0.0251. The van der Waals surface area contributed by atoms with Crippen LogP contribution >= 0.6 is 15.9 Å². The highest BCUT2D eigenvalue weighted by Crippen LogP contribution is 2.25. The van der Waals surface area contributed by atoms with E-state index in [0.29, 0.717) is 12.3 Å². The summed E-state index contributed by atoms with van der Waals surface area (Å²) in [6.07, 6.45) is 5.28. The van der Waals surface area contributed by atoms with Gasteiger partial charge < -0.3 is 14.3 Å². The first kappa shape index (κ1) is 19.0. The molecule has 1 aromatic carbocycles. The lowest BCUT2D eigenvalue weighted by Gasteiger charge is -2.33. The lowest BCUT2D eigenvalue weighted by atomic mass is 10.1. The van der Waals surface area contributed by atoms with Gasteiger partial charge in [-0.25, -0.2) is 0 Å². The molecular weight excluding hydrogens is 422 g/mol. The van der Waals surface area contributed by atoms with Crippen molar-refractivity contribution in [2.45, 2.75) is 25.3 Å². The van der Waals surface area contributed by atoms with E-state index in [1.807, 2.05) is 36.4 Å². The molecule has 4 rings (SSSR count). The summed E-state index contributed by atoms with van der Waals surface area (Å²) in [5, 5.41) is 6.92. The number of nitrogens with zero attached hydrogens (tertiary/aromatic N) is 2. The molecule has 1 N–H and O–H groups in total. The molecule has 1 amide bonds. The predicted octanol–water partition coefficient (Wildman–Crippen LogP) is 4.65. The maximum Gasteiger partial charge on any atom is 0.273 e. The van der Waals surface area contributed by atoms with Crippen molar-refractivity contribution in [1.82, 2.24) is 15.4 Å². The predicted molar refractivity (Wildman–Crippen MR) is 109 cm³/mol. The summed E-state index contributed by atoms with van der Waals surface area (Å²) in [4.78, 5) is 15.0. The molecule has 28 heavy (non-hydrogen) atoms. The third-order valence-electron chi connectivity index (χ3n) is 5.03. The highest BCUT2D eigenvalue weighted by atomic mass is 79.9. The van der Waals surface area contributed by atoms with E-state index in [1.165, 1.54) is 19.3 Å². The molecule has 1 saturated heterocycles. The van der Waals surface area contributed by atoms with Gasteiger partial charge in [0.1, 0.15) is 5.76 Å². The van der Waals surface area contributed by atoms with Gasteiger partial charge in [-0.2, -0.15) is 0 Å². The number of furan rings is 1. The zero-order valence-electron chi connectivity index (χ0n) is 15.4. The number of benzene rings is 1. The second-order valence-electron chi connectivity index (χ2n) is 6.92. The van der Waals surface area contributed by atoms with Crippen molar-refractivity contribution in [3.05, 3.63) is 64.7 Å². The Balaban J connectivity index is 1.43. The molecule has 1 atom stereocenters. The molecule has 1 fully saturated rings. The minimum atomic E-state index is -0.249. The molecule has 3 aromatic rings. The minimum Gasteiger partial charge on any atom is -0.468 e. The Morgan fingerprint density at radius 3 is 2.68 bits per heavy atom. The maximum atomic E-state index is 12.6. The lowest BCUT2D eigenvalue weighted by molar-refractivity contribution is 0.0905. The van der Waals surface area contributed by atoms with E-state index >= 15 is 0 Å². The number of aromatic nitrogens is 1. The van der Waals surface area contributed by atoms with Crippen molar-refractivity contribution in [1.29, 1.82) is 0 Å². The summed E-state index contributed by atoms with van der Waals surface area (Å²) < 4.78 is 12.0. The Kier molecular flexibility index (Phi) is 5.92. The Morgan fingerprint density at radius 2 is 1.96 bits per heavy atom. The number of carbonyl (C=O) groups is 1. The number of likely N-dealkylation sites (tertiary alicyclic amines) is 1. The number of piperidine rings is 1. The number of hydrogen-bond acceptors (Lipinski definition) is 5. The largest absolute Gasteiger partial charge is 0.468 e. The second-order valence-corrected chi connectivity index (χ2v) is 7.84. The Bertz CT molecular complexity index is 899. The van der Waals surface area contributed by atoms with E-state index in [4.69, 9.17) is 8.94 Å². The first-order valence-electron chi connectivity index (χ1n) is 9.49. The van der Waals surface area contributed by atoms with Crippen molar-refractivity contribution >= 4 is 21.8 Å². The fraction of sp³-hybridized carbons (Fsp3) is 0.333. The highest BCUT2D eigenvalue weighted by Gasteiger charge is 2.25. The van der Waals surface area contributed by atoms with Crippen LogP contribution in [0.25, 0.3) is 11.3 Å². The van der Waals surface area contributed by atoms with Crippen LogP contribution in [0.5, 0.6) is 0 Å². The Labute approximate surface area is 172 Å². The second kappa shape index (κ2) is 8.75. The van der Waals surface area contributed by atoms with Gasteiger partial charge in [0.2, 0.25) is 0 Å². The van der Waals surface area contributed by atoms with Crippen LogP contribution in [0.4, 0.5) is 0 Å². The summed E-state index contributed by atoms with van der Waals surface area (Å²) in [7, 11) is 0. The van der Waals surface area contributed by atoms with Crippen molar-refractivity contribution in [2.24, 2.45) is 0 Å². The quantitative estimate of drug-likeness (QED) is 0.599. The van der Waals surface area contributed by atoms with Crippen molar-refractivity contribution < 1.29 is 13.7 Å². The number of nitrogens with one attached hydrogen (secondary N) is 1. The monoisotopic (exact) mass is 443 g/mol. The molecule has 146 valence electrons. The molecule has 0 saturated carbocycles. The van der Waals surface area contributed by atoms with Gasteiger partial charge in [-0.3, -0.25) is 9.69 Å². The summed E-state index contributed by atoms with van der Waals surface area (Å²) in [6, 6.07) is 13.2. The van der Waals surface area contributed by atoms with Crippen LogP contribution in [-0.2, 0) is 0 Å². The van der Waals surface area contributed by atoms with Crippen LogP contribution in [0, 0.1) is 0 Å². The molecule has 7 heteroatoms. The van der Waals surface area contributed by atoms with Gasteiger partial charge in [0.15, 0.2) is 11.5 Å². The molecule has 1 aliphatic heterocycles. The normalized spacial score (nSPS) is 16.0. The fourth-order valence-corrected chi connectivity index (χ4v) is 3.80. The van der Waals surface area contributed by atoms with Crippen molar-refractivity contribution in [3.63, 3.8) is 0 Å². The zero-order chi connectivity index (χ0) is 19.3. The van der Waals surface area contributed by atoms with Gasteiger partial charge in [0, 0.05) is 22.6 Å². The molecule has 1 aliphatic rings. The average molecular weight is 444 g/mol. The van der Waals surface area contributed by atoms with Gasteiger partial charge in [-0.15, -0.1) is 0 Å². The van der Waals surface area contributed by atoms with Crippen LogP contribution in [0.15, 0.2) is 62.1 Å². The van der Waals surface area contributed by atoms with Crippen LogP contribution < -0.4 is 5.32 Å². The Morgan fingerprint density at radius 1 is 1.18 bits per heavy atom. The molecule has 0 bridgehead atoms. The third-order valence-corrected chi connectivity index (χ3v) is 5.56. The van der Waals surface area contributed by atoms with Gasteiger partial charge in [0.25, 0.3) is 5.91 Å². The average Bonchev–Trinajstić information content (AvgIpc) is 3.42. The Hall–Kier alpha value is -2.38. The number of halogens is 1. The van der Waals surface area contributed by atoms with E-state index in [0.717, 1.165) is 28.9 Å². The molecule has 0 unspecified atom stereocenters. The standard InChI is InChI=1S/C21H22BrN3O3/c22-16-8-6-15(7-9-16)20-13-17(24-28-20)21(26)23-14-18(19-5-4-12-27-19)25-10-2-1-3-11-25/h4-9,12-13,18H,1-3,10-11,14H2,(H,23,26)/t18-/m0/s1. The summed E-state index contributed by atoms with van der Waals surface area (Å²) >= 11 is 3.41. The molecule has 0 aliphatic carbocycles. The number of carbonyl (C=O) groups excluding carboxylic acids is 1. The van der Waals surface area contributed by atoms with Crippen molar-refractivity contribution in [3.8, 4) is 11.3 Å². The third kappa shape index (κ3) is 4.36. The van der Waals surface area contributed by atoms with E-state index < -0.39 is 0 Å². The summed E-state index contributed by atoms with van der Waals surface area (Å²) in [6.45, 7) is 2.49. The number of hydrogen-bond donors (Lipinski definition) is 1. The van der Waals surface area contributed by atoms with E-state index in [-0.39, 0.29) is 17.6 Å². The first-order valence-corrected chi connectivity index (χ1v) is 10.3. The van der Waals surface area contributed by atoms with Gasteiger partial charge in [-0.1, -0.05) is 39.6 Å². The van der Waals surface area contributed by atoms with Crippen LogP contribution in [-0.4, -0.2) is 35.6 Å². The van der Waals surface area contributed by atoms with E-state index in [2.05, 4.69) is 31.3 Å². The van der Waals surface area contributed by atoms with Gasteiger partial charge in [0.05, 0.1) is 12.3 Å². The van der Waals surface area contributed by atoms with Crippen LogP contribution in [0.1, 0.15) is 41.6 Å². The smallest absolute Gasteiger partial charge is 0.273 e. The van der Waals surface area contributed by atoms with Crippen molar-refractivity contribution in [2.75, 3.05) is 19.6 Å². The molecule has 2 aromatic heterocycles. The summed E-state index contributed by atoms with van der Waals surface area (Å²) in [5.74, 6) is 1.19. The van der Waals surface area contributed by atoms with Gasteiger partial charge >= 0.3 is 0 Å². The van der Waals surface area contributed by atoms with E-state index in [1.54, 1.807) is 12.3 Å². The molecule has 3 heterocycles. The van der Waals surface area contributed by atoms with Crippen LogP contribution in [0.2, 0.25) is 0 Å². The molecular formula is C21H22BrN3O3.